The number of aromatic nitrogens is 2. The Morgan fingerprint density at radius 3 is 2.38 bits per heavy atom. The van der Waals surface area contributed by atoms with Gasteiger partial charge in [0.2, 0.25) is 11.8 Å². The first-order valence-corrected chi connectivity index (χ1v) is 18.5. The van der Waals surface area contributed by atoms with Crippen molar-refractivity contribution in [2.24, 2.45) is 11.3 Å². The minimum absolute atomic E-state index is 0.0768. The van der Waals surface area contributed by atoms with E-state index in [4.69, 9.17) is 9.26 Å². The smallest absolute Gasteiger partial charge is 0.410 e. The molecule has 0 bridgehead atoms. The molecule has 50 heavy (non-hydrogen) atoms. The maximum absolute atomic E-state index is 14.1. The molecule has 0 saturated carbocycles. The van der Waals surface area contributed by atoms with Crippen molar-refractivity contribution in [1.29, 1.82) is 0 Å². The highest BCUT2D eigenvalue weighted by molar-refractivity contribution is 7.13. The number of rotatable bonds is 8. The highest BCUT2D eigenvalue weighted by atomic mass is 32.1. The van der Waals surface area contributed by atoms with E-state index in [0.717, 1.165) is 47.6 Å². The average Bonchev–Trinajstić information content (AvgIpc) is 3.79. The standard InChI is InChI=1S/C37H50N6O6S/c1-22(2)31(29-17-30(40-49-29)42-19-37(20-42)12-14-41(15-13-37)35(47)48-36(5,6)7)34(46)43-18-27(44)16-28(43)33(45)39-23(3)25-8-10-26(11-9-25)32-24(4)38-21-50-32/h8-11,17,21-23,27-28,31,44H,12-16,18-20H2,1-7H3,(H,39,45)/t23-,27+,28-,31-/m0/s1. The summed E-state index contributed by atoms with van der Waals surface area (Å²) in [5, 5.41) is 18.1. The van der Waals surface area contributed by atoms with Crippen molar-refractivity contribution in [3.05, 3.63) is 52.9 Å². The second kappa shape index (κ2) is 14.0. The van der Waals surface area contributed by atoms with Crippen molar-refractivity contribution in [3.8, 4) is 10.4 Å². The van der Waals surface area contributed by atoms with Crippen LogP contribution < -0.4 is 10.2 Å². The van der Waals surface area contributed by atoms with Gasteiger partial charge in [-0.3, -0.25) is 9.59 Å². The number of piperidine rings is 1. The molecule has 5 heterocycles. The number of ether oxygens (including phenoxy) is 1. The molecule has 3 saturated heterocycles. The second-order valence-electron chi connectivity index (χ2n) is 15.6. The number of amides is 3. The van der Waals surface area contributed by atoms with Crippen LogP contribution in [0.25, 0.3) is 10.4 Å². The van der Waals surface area contributed by atoms with Gasteiger partial charge in [-0.1, -0.05) is 43.3 Å². The number of β-amino-alcohol motifs (C(OH)–C–C–N with tert-alkyl or cyclic N) is 1. The summed E-state index contributed by atoms with van der Waals surface area (Å²) in [4.78, 5) is 51.2. The number of carbonyl (C=O) groups is 3. The van der Waals surface area contributed by atoms with Gasteiger partial charge in [0, 0.05) is 50.6 Å². The minimum atomic E-state index is -0.802. The van der Waals surface area contributed by atoms with Crippen LogP contribution in [0.2, 0.25) is 0 Å². The summed E-state index contributed by atoms with van der Waals surface area (Å²) in [5.74, 6) is -0.223. The summed E-state index contributed by atoms with van der Waals surface area (Å²) < 4.78 is 11.4. The van der Waals surface area contributed by atoms with E-state index in [2.05, 4.69) is 20.4 Å². The molecule has 0 radical (unpaired) electrons. The molecular weight excluding hydrogens is 657 g/mol. The summed E-state index contributed by atoms with van der Waals surface area (Å²) >= 11 is 1.59. The van der Waals surface area contributed by atoms with Gasteiger partial charge in [0.15, 0.2) is 11.6 Å². The summed E-state index contributed by atoms with van der Waals surface area (Å²) in [6, 6.07) is 8.79. The van der Waals surface area contributed by atoms with E-state index >= 15 is 0 Å². The Balaban J connectivity index is 1.07. The lowest BCUT2D eigenvalue weighted by Crippen LogP contribution is -2.61. The number of anilines is 1. The Labute approximate surface area is 298 Å². The van der Waals surface area contributed by atoms with E-state index in [-0.39, 0.29) is 48.2 Å². The van der Waals surface area contributed by atoms with Crippen LogP contribution in [0, 0.1) is 18.3 Å². The van der Waals surface area contributed by atoms with Crippen molar-refractivity contribution in [3.63, 3.8) is 0 Å². The molecule has 3 aliphatic heterocycles. The van der Waals surface area contributed by atoms with Crippen LogP contribution in [0.4, 0.5) is 10.6 Å². The summed E-state index contributed by atoms with van der Waals surface area (Å²) in [7, 11) is 0. The van der Waals surface area contributed by atoms with E-state index in [1.54, 1.807) is 16.2 Å². The third kappa shape index (κ3) is 7.53. The first-order chi connectivity index (χ1) is 23.6. The highest BCUT2D eigenvalue weighted by Crippen LogP contribution is 2.43. The molecule has 3 aliphatic rings. The maximum atomic E-state index is 14.1. The van der Waals surface area contributed by atoms with Crippen LogP contribution in [0.3, 0.4) is 0 Å². The fourth-order valence-electron chi connectivity index (χ4n) is 7.42. The SMILES string of the molecule is Cc1ncsc1-c1ccc([C@H](C)NC(=O)[C@@H]2C[C@@H](O)CN2C(=O)[C@H](c2cc(N3CC4(CCN(C(=O)OC(C)(C)C)CC4)C3)no2)C(C)C)cc1. The Morgan fingerprint density at radius 1 is 1.10 bits per heavy atom. The topological polar surface area (TPSA) is 141 Å². The molecular formula is C37H50N6O6S. The molecule has 1 aromatic carbocycles. The summed E-state index contributed by atoms with van der Waals surface area (Å²) in [6.45, 7) is 16.4. The van der Waals surface area contributed by atoms with Crippen molar-refractivity contribution in [2.75, 3.05) is 37.6 Å². The van der Waals surface area contributed by atoms with Crippen LogP contribution in [-0.2, 0) is 14.3 Å². The fraction of sp³-hybridized carbons (Fsp3) is 0.595. The zero-order valence-corrected chi connectivity index (χ0v) is 31.0. The van der Waals surface area contributed by atoms with Gasteiger partial charge in [0.1, 0.15) is 17.6 Å². The van der Waals surface area contributed by atoms with Crippen LogP contribution in [-0.4, -0.2) is 93.4 Å². The zero-order valence-electron chi connectivity index (χ0n) is 30.1. The molecule has 2 N–H and O–H groups in total. The molecule has 1 spiro atoms. The van der Waals surface area contributed by atoms with E-state index in [1.807, 2.05) is 84.3 Å². The van der Waals surface area contributed by atoms with E-state index in [0.29, 0.717) is 24.7 Å². The molecule has 3 amide bonds. The molecule has 3 fully saturated rings. The van der Waals surface area contributed by atoms with Crippen molar-refractivity contribution < 1.29 is 28.8 Å². The molecule has 12 nitrogen and oxygen atoms in total. The molecule has 2 aromatic heterocycles. The predicted molar refractivity (Wildman–Crippen MR) is 191 cm³/mol. The van der Waals surface area contributed by atoms with Gasteiger partial charge in [0.05, 0.1) is 28.2 Å². The summed E-state index contributed by atoms with van der Waals surface area (Å²) in [6.07, 6.45) is 0.878. The van der Waals surface area contributed by atoms with Gasteiger partial charge in [-0.25, -0.2) is 9.78 Å². The van der Waals surface area contributed by atoms with Crippen molar-refractivity contribution in [1.82, 2.24) is 25.3 Å². The maximum Gasteiger partial charge on any atom is 0.410 e. The first-order valence-electron chi connectivity index (χ1n) is 17.6. The molecule has 13 heteroatoms. The largest absolute Gasteiger partial charge is 0.444 e. The molecule has 0 aliphatic carbocycles. The van der Waals surface area contributed by atoms with E-state index < -0.39 is 23.7 Å². The Hall–Kier alpha value is -3.97. The number of benzene rings is 1. The highest BCUT2D eigenvalue weighted by Gasteiger charge is 2.48. The molecule has 3 aromatic rings. The van der Waals surface area contributed by atoms with E-state index in [9.17, 15) is 19.5 Å². The Kier molecular flexibility index (Phi) is 10.0. The monoisotopic (exact) mass is 706 g/mol. The third-order valence-corrected chi connectivity index (χ3v) is 11.2. The Morgan fingerprint density at radius 2 is 1.78 bits per heavy atom. The van der Waals surface area contributed by atoms with Crippen LogP contribution >= 0.6 is 11.3 Å². The van der Waals surface area contributed by atoms with Crippen molar-refractivity contribution >= 4 is 35.1 Å². The van der Waals surface area contributed by atoms with Gasteiger partial charge >= 0.3 is 6.09 Å². The number of aliphatic hydroxyl groups is 1. The van der Waals surface area contributed by atoms with Gasteiger partial charge in [-0.15, -0.1) is 11.3 Å². The summed E-state index contributed by atoms with van der Waals surface area (Å²) in [5.41, 5.74) is 4.42. The first kappa shape index (κ1) is 35.8. The molecule has 4 atom stereocenters. The lowest BCUT2D eigenvalue weighted by Gasteiger charge is -2.53. The number of likely N-dealkylation sites (tertiary alicyclic amines) is 2. The van der Waals surface area contributed by atoms with Gasteiger partial charge in [0.25, 0.3) is 0 Å². The van der Waals surface area contributed by atoms with Crippen LogP contribution in [0.15, 0.2) is 40.4 Å². The van der Waals surface area contributed by atoms with Gasteiger partial charge in [-0.2, -0.15) is 0 Å². The normalized spacial score (nSPS) is 21.7. The van der Waals surface area contributed by atoms with Crippen LogP contribution in [0.5, 0.6) is 0 Å². The number of nitrogens with one attached hydrogen (secondary N) is 1. The van der Waals surface area contributed by atoms with Crippen molar-refractivity contribution in [2.45, 2.75) is 97.4 Å². The lowest BCUT2D eigenvalue weighted by atomic mass is 9.72. The number of thiazole rings is 1. The zero-order chi connectivity index (χ0) is 36.0. The predicted octanol–water partition coefficient (Wildman–Crippen LogP) is 5.52. The van der Waals surface area contributed by atoms with E-state index in [1.165, 1.54) is 4.90 Å². The van der Waals surface area contributed by atoms with Gasteiger partial charge in [-0.05, 0) is 64.5 Å². The molecule has 0 unspecified atom stereocenters. The Bertz CT molecular complexity index is 1680. The molecule has 270 valence electrons. The third-order valence-electron chi connectivity index (χ3n) is 10.2. The lowest BCUT2D eigenvalue weighted by molar-refractivity contribution is -0.141. The second-order valence-corrected chi connectivity index (χ2v) is 16.5. The number of carbonyl (C=O) groups excluding carboxylic acids is 3. The number of hydrogen-bond donors (Lipinski definition) is 2. The fourth-order valence-corrected chi connectivity index (χ4v) is 8.23. The number of nitrogens with zero attached hydrogens (tertiary/aromatic N) is 5. The minimum Gasteiger partial charge on any atom is -0.444 e. The number of hydrogen-bond acceptors (Lipinski definition) is 10. The van der Waals surface area contributed by atoms with Crippen LogP contribution in [0.1, 0.15) is 89.8 Å². The van der Waals surface area contributed by atoms with Gasteiger partial charge < -0.3 is 34.4 Å². The number of aliphatic hydroxyl groups excluding tert-OH is 1. The number of aryl methyl sites for hydroxylation is 1. The quantitative estimate of drug-likeness (QED) is 0.310. The molecule has 6 rings (SSSR count). The average molecular weight is 707 g/mol.